The number of hydrogen-bond acceptors (Lipinski definition) is 4. The molecule has 1 saturated heterocycles. The van der Waals surface area contributed by atoms with E-state index in [0.717, 1.165) is 31.5 Å². The topological polar surface area (TPSA) is 88.0 Å². The number of benzene rings is 1. The van der Waals surface area contributed by atoms with Crippen molar-refractivity contribution in [2.75, 3.05) is 23.7 Å². The molecule has 3 rings (SSSR count). The first kappa shape index (κ1) is 19.1. The molecule has 0 aliphatic carbocycles. The highest BCUT2D eigenvalue weighted by Crippen LogP contribution is 2.22. The van der Waals surface area contributed by atoms with Crippen LogP contribution >= 0.6 is 0 Å². The molecule has 2 heterocycles. The van der Waals surface area contributed by atoms with Crippen molar-refractivity contribution in [3.8, 4) is 0 Å². The lowest BCUT2D eigenvalue weighted by Gasteiger charge is -2.22. The number of piperidine rings is 1. The van der Waals surface area contributed by atoms with Crippen LogP contribution in [0.4, 0.5) is 11.4 Å². The minimum atomic E-state index is -0.257. The molecule has 0 saturated carbocycles. The van der Waals surface area contributed by atoms with Crippen LogP contribution in [0.2, 0.25) is 0 Å². The first-order chi connectivity index (χ1) is 12.9. The van der Waals surface area contributed by atoms with E-state index >= 15 is 0 Å². The molecule has 1 unspecified atom stereocenters. The van der Waals surface area contributed by atoms with Crippen LogP contribution in [0, 0.1) is 12.8 Å². The largest absolute Gasteiger partial charge is 0.326 e. The van der Waals surface area contributed by atoms with E-state index in [1.165, 1.54) is 0 Å². The Hall–Kier alpha value is -2.67. The summed E-state index contributed by atoms with van der Waals surface area (Å²) < 4.78 is 1.87. The Bertz CT molecular complexity index is 822. The van der Waals surface area contributed by atoms with Crippen molar-refractivity contribution in [2.24, 2.45) is 5.92 Å². The van der Waals surface area contributed by atoms with E-state index < -0.39 is 0 Å². The summed E-state index contributed by atoms with van der Waals surface area (Å²) in [6, 6.07) is 7.50. The van der Waals surface area contributed by atoms with Crippen molar-refractivity contribution in [3.05, 3.63) is 41.7 Å². The van der Waals surface area contributed by atoms with Gasteiger partial charge in [-0.25, -0.2) is 0 Å². The highest BCUT2D eigenvalue weighted by Gasteiger charge is 2.18. The zero-order valence-electron chi connectivity index (χ0n) is 16.1. The Morgan fingerprint density at radius 3 is 2.78 bits per heavy atom. The first-order valence-electron chi connectivity index (χ1n) is 9.43. The summed E-state index contributed by atoms with van der Waals surface area (Å²) in [4.78, 5) is 24.5. The summed E-state index contributed by atoms with van der Waals surface area (Å²) in [7, 11) is 0. The number of rotatable bonds is 5. The summed E-state index contributed by atoms with van der Waals surface area (Å²) in [5.74, 6) is -0.425. The van der Waals surface area contributed by atoms with Gasteiger partial charge in [0.25, 0.3) is 5.91 Å². The van der Waals surface area contributed by atoms with Crippen LogP contribution < -0.4 is 16.0 Å². The Morgan fingerprint density at radius 1 is 1.26 bits per heavy atom. The lowest BCUT2D eigenvalue weighted by atomic mass is 10.1. The van der Waals surface area contributed by atoms with E-state index in [2.05, 4.69) is 21.0 Å². The average molecular weight is 369 g/mol. The van der Waals surface area contributed by atoms with E-state index in [1.54, 1.807) is 12.1 Å². The Labute approximate surface area is 159 Å². The quantitative estimate of drug-likeness (QED) is 0.756. The molecule has 144 valence electrons. The van der Waals surface area contributed by atoms with Crippen molar-refractivity contribution in [1.82, 2.24) is 15.1 Å². The lowest BCUT2D eigenvalue weighted by molar-refractivity contribution is -0.118. The van der Waals surface area contributed by atoms with Gasteiger partial charge < -0.3 is 16.0 Å². The standard InChI is InChI=1S/C20H27N5O2/c1-13(2)19(26)22-15-7-6-14(3)18(11-15)23-20(27)17-8-10-25(24-17)16-5-4-9-21-12-16/h6-8,10-11,13,16,21H,4-5,9,12H2,1-3H3,(H,22,26)(H,23,27). The molecular weight excluding hydrogens is 342 g/mol. The molecule has 1 fully saturated rings. The molecule has 2 amide bonds. The molecular formula is C20H27N5O2. The van der Waals surface area contributed by atoms with Gasteiger partial charge in [-0.2, -0.15) is 5.10 Å². The van der Waals surface area contributed by atoms with Gasteiger partial charge in [-0.1, -0.05) is 19.9 Å². The van der Waals surface area contributed by atoms with Crippen molar-refractivity contribution in [1.29, 1.82) is 0 Å². The number of aromatic nitrogens is 2. The zero-order valence-corrected chi connectivity index (χ0v) is 16.1. The Morgan fingerprint density at radius 2 is 2.07 bits per heavy atom. The highest BCUT2D eigenvalue weighted by molar-refractivity contribution is 6.03. The summed E-state index contributed by atoms with van der Waals surface area (Å²) >= 11 is 0. The van der Waals surface area contributed by atoms with Crippen LogP contribution in [-0.4, -0.2) is 34.7 Å². The van der Waals surface area contributed by atoms with Crippen LogP contribution in [0.3, 0.4) is 0 Å². The fraction of sp³-hybridized carbons (Fsp3) is 0.450. The molecule has 7 nitrogen and oxygen atoms in total. The van der Waals surface area contributed by atoms with Crippen LogP contribution in [0.25, 0.3) is 0 Å². The molecule has 0 bridgehead atoms. The SMILES string of the molecule is Cc1ccc(NC(=O)C(C)C)cc1NC(=O)c1ccn(C2CCCNC2)n1. The van der Waals surface area contributed by atoms with Crippen molar-refractivity contribution < 1.29 is 9.59 Å². The summed E-state index contributed by atoms with van der Waals surface area (Å²) in [5, 5.41) is 13.6. The van der Waals surface area contributed by atoms with E-state index in [-0.39, 0.29) is 23.8 Å². The monoisotopic (exact) mass is 369 g/mol. The van der Waals surface area contributed by atoms with Crippen LogP contribution in [0.15, 0.2) is 30.5 Å². The van der Waals surface area contributed by atoms with Gasteiger partial charge >= 0.3 is 0 Å². The lowest BCUT2D eigenvalue weighted by Crippen LogP contribution is -2.32. The maximum Gasteiger partial charge on any atom is 0.276 e. The predicted octanol–water partition coefficient (Wildman–Crippen LogP) is 2.96. The number of nitrogens with one attached hydrogen (secondary N) is 3. The van der Waals surface area contributed by atoms with Gasteiger partial charge in [-0.15, -0.1) is 0 Å². The molecule has 1 aromatic heterocycles. The maximum atomic E-state index is 12.6. The van der Waals surface area contributed by atoms with E-state index in [4.69, 9.17) is 0 Å². The first-order valence-corrected chi connectivity index (χ1v) is 9.43. The molecule has 7 heteroatoms. The van der Waals surface area contributed by atoms with Gasteiger partial charge in [-0.05, 0) is 50.1 Å². The molecule has 1 aliphatic rings. The summed E-state index contributed by atoms with van der Waals surface area (Å²) in [5.41, 5.74) is 2.63. The number of carbonyl (C=O) groups excluding carboxylic acids is 2. The van der Waals surface area contributed by atoms with Crippen molar-refractivity contribution in [3.63, 3.8) is 0 Å². The molecule has 1 aromatic carbocycles. The predicted molar refractivity (Wildman–Crippen MR) is 106 cm³/mol. The second kappa shape index (κ2) is 8.35. The summed E-state index contributed by atoms with van der Waals surface area (Å²) in [6.07, 6.45) is 4.03. The van der Waals surface area contributed by atoms with Gasteiger partial charge in [-0.3, -0.25) is 14.3 Å². The van der Waals surface area contributed by atoms with Gasteiger partial charge in [0, 0.05) is 30.0 Å². The Kier molecular flexibility index (Phi) is 5.91. The zero-order chi connectivity index (χ0) is 19.4. The van der Waals surface area contributed by atoms with Gasteiger partial charge in [0.05, 0.1) is 6.04 Å². The molecule has 3 N–H and O–H groups in total. The average Bonchev–Trinajstić information content (AvgIpc) is 3.15. The van der Waals surface area contributed by atoms with Crippen LogP contribution in [0.5, 0.6) is 0 Å². The molecule has 1 atom stereocenters. The second-order valence-corrected chi connectivity index (χ2v) is 7.31. The third kappa shape index (κ3) is 4.74. The van der Waals surface area contributed by atoms with E-state index in [1.807, 2.05) is 43.8 Å². The van der Waals surface area contributed by atoms with Gasteiger partial charge in [0.1, 0.15) is 0 Å². The van der Waals surface area contributed by atoms with Crippen LogP contribution in [-0.2, 0) is 4.79 Å². The Balaban J connectivity index is 1.70. The molecule has 2 aromatic rings. The number of carbonyl (C=O) groups is 2. The smallest absolute Gasteiger partial charge is 0.276 e. The number of anilines is 2. The molecule has 0 radical (unpaired) electrons. The second-order valence-electron chi connectivity index (χ2n) is 7.31. The van der Waals surface area contributed by atoms with E-state index in [0.29, 0.717) is 17.1 Å². The fourth-order valence-electron chi connectivity index (χ4n) is 3.03. The summed E-state index contributed by atoms with van der Waals surface area (Å²) in [6.45, 7) is 7.50. The highest BCUT2D eigenvalue weighted by atomic mass is 16.2. The minimum absolute atomic E-state index is 0.0593. The number of amides is 2. The van der Waals surface area contributed by atoms with Crippen LogP contribution in [0.1, 0.15) is 48.8 Å². The van der Waals surface area contributed by atoms with Gasteiger partial charge in [0.2, 0.25) is 5.91 Å². The number of nitrogens with zero attached hydrogens (tertiary/aromatic N) is 2. The number of aryl methyl sites for hydroxylation is 1. The fourth-order valence-corrected chi connectivity index (χ4v) is 3.03. The molecule has 1 aliphatic heterocycles. The van der Waals surface area contributed by atoms with Crippen molar-refractivity contribution in [2.45, 2.75) is 39.7 Å². The molecule has 27 heavy (non-hydrogen) atoms. The third-order valence-corrected chi connectivity index (χ3v) is 4.76. The third-order valence-electron chi connectivity index (χ3n) is 4.76. The normalized spacial score (nSPS) is 17.0. The maximum absolute atomic E-state index is 12.6. The minimum Gasteiger partial charge on any atom is -0.326 e. The molecule has 0 spiro atoms. The van der Waals surface area contributed by atoms with Crippen molar-refractivity contribution >= 4 is 23.2 Å². The van der Waals surface area contributed by atoms with E-state index in [9.17, 15) is 9.59 Å². The number of hydrogen-bond donors (Lipinski definition) is 3. The van der Waals surface area contributed by atoms with Gasteiger partial charge in [0.15, 0.2) is 5.69 Å².